The first-order chi connectivity index (χ1) is 10.8. The fraction of sp³-hybridized carbons (Fsp3) is 0.882. The van der Waals surface area contributed by atoms with Crippen molar-refractivity contribution >= 4 is 0 Å². The van der Waals surface area contributed by atoms with Crippen LogP contribution in [-0.4, -0.2) is 53.4 Å². The average molecular weight is 306 g/mol. The van der Waals surface area contributed by atoms with Gasteiger partial charge < -0.3 is 9.64 Å². The Kier molecular flexibility index (Phi) is 5.84. The molecule has 5 heteroatoms. The molecule has 0 atom stereocenters. The number of hydrogen-bond donors (Lipinski definition) is 1. The predicted octanol–water partition coefficient (Wildman–Crippen LogP) is 2.75. The second-order valence-corrected chi connectivity index (χ2v) is 6.96. The van der Waals surface area contributed by atoms with Gasteiger partial charge in [0, 0.05) is 26.0 Å². The highest BCUT2D eigenvalue weighted by Crippen LogP contribution is 2.29. The maximum Gasteiger partial charge on any atom is 0.153 e. The van der Waals surface area contributed by atoms with Gasteiger partial charge in [0.1, 0.15) is 5.82 Å². The van der Waals surface area contributed by atoms with Crippen molar-refractivity contribution in [1.82, 2.24) is 20.1 Å². The number of nitrogens with one attached hydrogen (secondary N) is 1. The molecule has 1 aliphatic heterocycles. The second-order valence-electron chi connectivity index (χ2n) is 6.96. The molecule has 1 aliphatic carbocycles. The zero-order chi connectivity index (χ0) is 15.2. The molecule has 1 N–H and O–H groups in total. The number of aromatic amines is 1. The zero-order valence-corrected chi connectivity index (χ0v) is 13.9. The van der Waals surface area contributed by atoms with E-state index in [1.807, 2.05) is 0 Å². The summed E-state index contributed by atoms with van der Waals surface area (Å²) in [7, 11) is 1.72. The first-order valence-electron chi connectivity index (χ1n) is 8.97. The SMILES string of the molecule is COCCc1nc(C2CCN(CC3CCCCC3)CC2)n[nH]1. The normalized spacial score (nSPS) is 22.2. The van der Waals surface area contributed by atoms with Gasteiger partial charge in [0.2, 0.25) is 0 Å². The highest BCUT2D eigenvalue weighted by molar-refractivity contribution is 5.00. The maximum atomic E-state index is 5.09. The van der Waals surface area contributed by atoms with Crippen LogP contribution in [0.5, 0.6) is 0 Å². The van der Waals surface area contributed by atoms with Crippen LogP contribution in [0.1, 0.15) is 62.5 Å². The zero-order valence-electron chi connectivity index (χ0n) is 13.9. The van der Waals surface area contributed by atoms with E-state index in [1.54, 1.807) is 7.11 Å². The molecule has 2 fully saturated rings. The van der Waals surface area contributed by atoms with E-state index in [1.165, 1.54) is 64.6 Å². The van der Waals surface area contributed by atoms with Crippen molar-refractivity contribution in [2.75, 3.05) is 33.4 Å². The molecule has 0 bridgehead atoms. The number of hydrogen-bond acceptors (Lipinski definition) is 4. The Hall–Kier alpha value is -0.940. The molecule has 1 aromatic heterocycles. The van der Waals surface area contributed by atoms with Gasteiger partial charge in [-0.3, -0.25) is 5.10 Å². The first-order valence-corrected chi connectivity index (χ1v) is 8.97. The van der Waals surface area contributed by atoms with Crippen LogP contribution in [-0.2, 0) is 11.2 Å². The largest absolute Gasteiger partial charge is 0.384 e. The third-order valence-corrected chi connectivity index (χ3v) is 5.29. The van der Waals surface area contributed by atoms with Crippen molar-refractivity contribution in [2.24, 2.45) is 5.92 Å². The van der Waals surface area contributed by atoms with Gasteiger partial charge in [-0.05, 0) is 44.7 Å². The molecule has 2 aliphatic rings. The molecule has 22 heavy (non-hydrogen) atoms. The molecule has 0 unspecified atom stereocenters. The van der Waals surface area contributed by atoms with Crippen LogP contribution >= 0.6 is 0 Å². The summed E-state index contributed by atoms with van der Waals surface area (Å²) in [6.07, 6.45) is 10.5. The number of piperidine rings is 1. The van der Waals surface area contributed by atoms with Gasteiger partial charge in [-0.2, -0.15) is 5.10 Å². The average Bonchev–Trinajstić information content (AvgIpc) is 3.03. The van der Waals surface area contributed by atoms with Crippen molar-refractivity contribution in [1.29, 1.82) is 0 Å². The minimum Gasteiger partial charge on any atom is -0.384 e. The van der Waals surface area contributed by atoms with E-state index in [0.717, 1.165) is 24.0 Å². The summed E-state index contributed by atoms with van der Waals surface area (Å²) in [5.41, 5.74) is 0. The van der Waals surface area contributed by atoms with E-state index in [4.69, 9.17) is 4.74 Å². The highest BCUT2D eigenvalue weighted by atomic mass is 16.5. The van der Waals surface area contributed by atoms with Crippen LogP contribution in [0, 0.1) is 5.92 Å². The Balaban J connectivity index is 1.43. The summed E-state index contributed by atoms with van der Waals surface area (Å²) in [6.45, 7) is 4.44. The van der Waals surface area contributed by atoms with E-state index in [9.17, 15) is 0 Å². The lowest BCUT2D eigenvalue weighted by atomic mass is 9.88. The molecule has 0 radical (unpaired) electrons. The van der Waals surface area contributed by atoms with Crippen molar-refractivity contribution in [2.45, 2.75) is 57.3 Å². The third-order valence-electron chi connectivity index (χ3n) is 5.29. The van der Waals surface area contributed by atoms with Crippen molar-refractivity contribution in [3.63, 3.8) is 0 Å². The highest BCUT2D eigenvalue weighted by Gasteiger charge is 2.25. The fourth-order valence-corrected chi connectivity index (χ4v) is 3.91. The van der Waals surface area contributed by atoms with Gasteiger partial charge in [-0.15, -0.1) is 0 Å². The van der Waals surface area contributed by atoms with Gasteiger partial charge in [-0.25, -0.2) is 4.98 Å². The Morgan fingerprint density at radius 2 is 1.91 bits per heavy atom. The van der Waals surface area contributed by atoms with Crippen molar-refractivity contribution < 1.29 is 4.74 Å². The lowest BCUT2D eigenvalue weighted by Gasteiger charge is -2.34. The third kappa shape index (κ3) is 4.29. The summed E-state index contributed by atoms with van der Waals surface area (Å²) in [5.74, 6) is 3.47. The van der Waals surface area contributed by atoms with Crippen LogP contribution in [0.3, 0.4) is 0 Å². The predicted molar refractivity (Wildman–Crippen MR) is 87.0 cm³/mol. The molecule has 1 saturated carbocycles. The van der Waals surface area contributed by atoms with Gasteiger partial charge in [0.15, 0.2) is 5.82 Å². The van der Waals surface area contributed by atoms with E-state index in [0.29, 0.717) is 12.5 Å². The number of aromatic nitrogens is 3. The number of H-pyrrole nitrogens is 1. The van der Waals surface area contributed by atoms with Gasteiger partial charge in [0.05, 0.1) is 6.61 Å². The maximum absolute atomic E-state index is 5.09. The summed E-state index contributed by atoms with van der Waals surface area (Å²) in [4.78, 5) is 7.32. The minimum absolute atomic E-state index is 0.537. The molecule has 3 rings (SSSR count). The lowest BCUT2D eigenvalue weighted by molar-refractivity contribution is 0.162. The number of methoxy groups -OCH3 is 1. The number of rotatable bonds is 6. The fourth-order valence-electron chi connectivity index (χ4n) is 3.91. The Labute approximate surface area is 133 Å². The van der Waals surface area contributed by atoms with Gasteiger partial charge in [-0.1, -0.05) is 19.3 Å². The molecule has 0 aromatic carbocycles. The Morgan fingerprint density at radius 3 is 2.64 bits per heavy atom. The van der Waals surface area contributed by atoms with Crippen LogP contribution in [0.2, 0.25) is 0 Å². The van der Waals surface area contributed by atoms with Crippen LogP contribution in [0.15, 0.2) is 0 Å². The molecule has 5 nitrogen and oxygen atoms in total. The number of likely N-dealkylation sites (tertiary alicyclic amines) is 1. The molecule has 1 saturated heterocycles. The van der Waals surface area contributed by atoms with E-state index < -0.39 is 0 Å². The summed E-state index contributed by atoms with van der Waals surface area (Å²) in [6, 6.07) is 0. The van der Waals surface area contributed by atoms with Crippen LogP contribution in [0.4, 0.5) is 0 Å². The van der Waals surface area contributed by atoms with Gasteiger partial charge in [0.25, 0.3) is 0 Å². The second kappa shape index (κ2) is 8.06. The van der Waals surface area contributed by atoms with E-state index >= 15 is 0 Å². The summed E-state index contributed by atoms with van der Waals surface area (Å²) >= 11 is 0. The molecule has 0 amide bonds. The molecule has 2 heterocycles. The first kappa shape index (κ1) is 15.9. The van der Waals surface area contributed by atoms with Crippen LogP contribution < -0.4 is 0 Å². The quantitative estimate of drug-likeness (QED) is 0.878. The minimum atomic E-state index is 0.537. The lowest BCUT2D eigenvalue weighted by Crippen LogP contribution is -2.37. The number of nitrogens with zero attached hydrogens (tertiary/aromatic N) is 3. The standard InChI is InChI=1S/C17H30N4O/c1-22-12-9-16-18-17(20-19-16)15-7-10-21(11-8-15)13-14-5-3-2-4-6-14/h14-15H,2-13H2,1H3,(H,18,19,20). The molecular formula is C17H30N4O. The Bertz CT molecular complexity index is 434. The number of ether oxygens (including phenoxy) is 1. The Morgan fingerprint density at radius 1 is 1.14 bits per heavy atom. The van der Waals surface area contributed by atoms with Crippen molar-refractivity contribution in [3.8, 4) is 0 Å². The molecule has 0 spiro atoms. The molecule has 1 aromatic rings. The monoisotopic (exact) mass is 306 g/mol. The topological polar surface area (TPSA) is 54.0 Å². The van der Waals surface area contributed by atoms with Gasteiger partial charge >= 0.3 is 0 Å². The van der Waals surface area contributed by atoms with E-state index in [-0.39, 0.29) is 0 Å². The smallest absolute Gasteiger partial charge is 0.153 e. The van der Waals surface area contributed by atoms with Crippen molar-refractivity contribution in [3.05, 3.63) is 11.6 Å². The summed E-state index contributed by atoms with van der Waals surface area (Å²) in [5, 5.41) is 7.48. The van der Waals surface area contributed by atoms with E-state index in [2.05, 4.69) is 20.1 Å². The molecule has 124 valence electrons. The summed E-state index contributed by atoms with van der Waals surface area (Å²) < 4.78 is 5.09. The van der Waals surface area contributed by atoms with Crippen LogP contribution in [0.25, 0.3) is 0 Å². The molecular weight excluding hydrogens is 276 g/mol.